The molecule has 3 aliphatic heterocycles. The zero-order valence-corrected chi connectivity index (χ0v) is 17.2. The van der Waals surface area contributed by atoms with Gasteiger partial charge in [-0.05, 0) is 18.9 Å². The van der Waals surface area contributed by atoms with E-state index in [1.54, 1.807) is 24.3 Å². The Kier molecular flexibility index (Phi) is 4.50. The highest BCUT2D eigenvalue weighted by Crippen LogP contribution is 2.52. The molecule has 7 nitrogen and oxygen atoms in total. The van der Waals surface area contributed by atoms with Gasteiger partial charge in [0, 0.05) is 26.0 Å². The maximum Gasteiger partial charge on any atom is 0.230 e. The van der Waals surface area contributed by atoms with E-state index in [1.807, 2.05) is 17.1 Å². The van der Waals surface area contributed by atoms with Gasteiger partial charge in [0.2, 0.25) is 11.8 Å². The summed E-state index contributed by atoms with van der Waals surface area (Å²) in [5.74, 6) is -0.248. The molecule has 156 valence electrons. The highest BCUT2D eigenvalue weighted by atomic mass is 16.5. The number of amides is 2. The lowest BCUT2D eigenvalue weighted by Gasteiger charge is -2.27. The van der Waals surface area contributed by atoms with Gasteiger partial charge in [0.25, 0.3) is 0 Å². The molecule has 0 aliphatic carbocycles. The molecule has 2 saturated heterocycles. The van der Waals surface area contributed by atoms with E-state index in [4.69, 9.17) is 4.74 Å². The van der Waals surface area contributed by atoms with Crippen LogP contribution in [0.1, 0.15) is 17.0 Å². The first kappa shape index (κ1) is 19.1. The molecular weight excluding hydrogens is 380 g/mol. The first-order valence-corrected chi connectivity index (χ1v) is 10.4. The Balaban J connectivity index is 1.30. The van der Waals surface area contributed by atoms with Crippen LogP contribution in [0.3, 0.4) is 0 Å². The van der Waals surface area contributed by atoms with Gasteiger partial charge in [0.1, 0.15) is 11.4 Å². The minimum atomic E-state index is -0.666. The largest absolute Gasteiger partial charge is 0.360 e. The predicted molar refractivity (Wildman–Crippen MR) is 110 cm³/mol. The van der Waals surface area contributed by atoms with Crippen LogP contribution in [0.25, 0.3) is 0 Å². The maximum atomic E-state index is 13.3. The fourth-order valence-corrected chi connectivity index (χ4v) is 5.01. The zero-order valence-electron chi connectivity index (χ0n) is 17.2. The van der Waals surface area contributed by atoms with Crippen molar-refractivity contribution in [2.24, 2.45) is 11.8 Å². The van der Waals surface area contributed by atoms with Crippen LogP contribution in [0.2, 0.25) is 0 Å². The molecule has 4 heterocycles. The summed E-state index contributed by atoms with van der Waals surface area (Å²) in [5, 5.41) is 0. The number of likely N-dealkylation sites (tertiary alicyclic amines) is 1. The molecule has 2 aromatic rings. The van der Waals surface area contributed by atoms with E-state index < -0.39 is 17.4 Å². The van der Waals surface area contributed by atoms with Gasteiger partial charge in [-0.1, -0.05) is 42.0 Å². The van der Waals surface area contributed by atoms with E-state index in [0.29, 0.717) is 19.6 Å². The molecule has 2 bridgehead atoms. The number of rotatable bonds is 6. The molecular formula is C23H26N4O3. The number of hydrogen-bond donors (Lipinski definition) is 1. The molecule has 1 spiro atoms. The maximum absolute atomic E-state index is 13.3. The Morgan fingerprint density at radius 2 is 2.17 bits per heavy atom. The molecule has 3 aliphatic rings. The number of imidazole rings is 1. The van der Waals surface area contributed by atoms with E-state index in [1.165, 1.54) is 11.1 Å². The van der Waals surface area contributed by atoms with Crippen LogP contribution in [0.15, 0.2) is 48.8 Å². The number of nitrogens with zero attached hydrogens (tertiary/aromatic N) is 3. The van der Waals surface area contributed by atoms with Gasteiger partial charge in [-0.15, -0.1) is 0 Å². The number of H-pyrrole nitrogens is 1. The SMILES string of the molecule is Cc1ccc(CCN2C[C@]34C=C[C@H](O3)C(C(=O)N(C)Cc3ncc[nH]3)C4C2=O)cc1. The molecule has 2 fully saturated rings. The van der Waals surface area contributed by atoms with Gasteiger partial charge in [-0.3, -0.25) is 9.59 Å². The lowest BCUT2D eigenvalue weighted by molar-refractivity contribution is -0.142. The van der Waals surface area contributed by atoms with Gasteiger partial charge in [0.05, 0.1) is 31.0 Å². The van der Waals surface area contributed by atoms with Gasteiger partial charge in [-0.2, -0.15) is 0 Å². The van der Waals surface area contributed by atoms with Gasteiger partial charge in [-0.25, -0.2) is 4.98 Å². The first-order chi connectivity index (χ1) is 14.5. The smallest absolute Gasteiger partial charge is 0.230 e. The van der Waals surface area contributed by atoms with Crippen LogP contribution in [-0.2, 0) is 27.3 Å². The van der Waals surface area contributed by atoms with Crippen molar-refractivity contribution in [2.45, 2.75) is 31.6 Å². The standard InChI is InChI=1S/C23H26N4O3/c1-15-3-5-16(6-4-15)8-12-27-14-23-9-7-17(30-23)19(20(23)22(27)29)21(28)26(2)13-18-24-10-11-25-18/h3-7,9-11,17,19-20H,8,12-14H2,1-2H3,(H,24,25)/t17-,19?,20?,23-/m0/s1. The highest BCUT2D eigenvalue weighted by molar-refractivity contribution is 5.93. The summed E-state index contributed by atoms with van der Waals surface area (Å²) in [6.45, 7) is 3.59. The molecule has 1 aromatic carbocycles. The number of carbonyl (C=O) groups excluding carboxylic acids is 2. The lowest BCUT2D eigenvalue weighted by Crippen LogP contribution is -2.44. The number of nitrogens with one attached hydrogen (secondary N) is 1. The van der Waals surface area contributed by atoms with Crippen molar-refractivity contribution < 1.29 is 14.3 Å². The van der Waals surface area contributed by atoms with Crippen LogP contribution in [0, 0.1) is 18.8 Å². The Morgan fingerprint density at radius 1 is 1.37 bits per heavy atom. The molecule has 30 heavy (non-hydrogen) atoms. The van der Waals surface area contributed by atoms with Crippen LogP contribution < -0.4 is 0 Å². The zero-order chi connectivity index (χ0) is 20.9. The van der Waals surface area contributed by atoms with Gasteiger partial charge in [0.15, 0.2) is 0 Å². The third-order valence-electron chi connectivity index (χ3n) is 6.57. The molecule has 0 saturated carbocycles. The second kappa shape index (κ2) is 7.09. The summed E-state index contributed by atoms with van der Waals surface area (Å²) in [6.07, 6.45) is 7.82. The Morgan fingerprint density at radius 3 is 2.90 bits per heavy atom. The van der Waals surface area contributed by atoms with Crippen molar-refractivity contribution >= 4 is 11.8 Å². The van der Waals surface area contributed by atoms with Crippen molar-refractivity contribution in [1.82, 2.24) is 19.8 Å². The summed E-state index contributed by atoms with van der Waals surface area (Å²) >= 11 is 0. The van der Waals surface area contributed by atoms with Crippen molar-refractivity contribution in [1.29, 1.82) is 0 Å². The Bertz CT molecular complexity index is 984. The summed E-state index contributed by atoms with van der Waals surface area (Å²) in [4.78, 5) is 37.3. The van der Waals surface area contributed by atoms with Crippen LogP contribution in [-0.4, -0.2) is 63.4 Å². The quantitative estimate of drug-likeness (QED) is 0.741. The molecule has 4 atom stereocenters. The van der Waals surface area contributed by atoms with Crippen molar-refractivity contribution in [3.8, 4) is 0 Å². The number of aromatic amines is 1. The fourth-order valence-electron chi connectivity index (χ4n) is 5.01. The monoisotopic (exact) mass is 406 g/mol. The third-order valence-corrected chi connectivity index (χ3v) is 6.57. The second-order valence-electron chi connectivity index (χ2n) is 8.63. The second-order valence-corrected chi connectivity index (χ2v) is 8.63. The van der Waals surface area contributed by atoms with Gasteiger partial charge >= 0.3 is 0 Å². The fraction of sp³-hybridized carbons (Fsp3) is 0.435. The molecule has 2 amide bonds. The van der Waals surface area contributed by atoms with Crippen LogP contribution >= 0.6 is 0 Å². The molecule has 5 rings (SSSR count). The first-order valence-electron chi connectivity index (χ1n) is 10.4. The number of hydrogen-bond acceptors (Lipinski definition) is 4. The van der Waals surface area contributed by atoms with E-state index in [0.717, 1.165) is 12.2 Å². The van der Waals surface area contributed by atoms with Crippen LogP contribution in [0.5, 0.6) is 0 Å². The molecule has 7 heteroatoms. The number of benzene rings is 1. The summed E-state index contributed by atoms with van der Waals surface area (Å²) in [7, 11) is 1.75. The van der Waals surface area contributed by atoms with E-state index in [9.17, 15) is 9.59 Å². The highest BCUT2D eigenvalue weighted by Gasteiger charge is 2.66. The summed E-state index contributed by atoms with van der Waals surface area (Å²) in [5.41, 5.74) is 1.76. The van der Waals surface area contributed by atoms with Crippen LogP contribution in [0.4, 0.5) is 0 Å². The molecule has 1 N–H and O–H groups in total. The molecule has 2 unspecified atom stereocenters. The number of aryl methyl sites for hydroxylation is 1. The number of fused-ring (bicyclic) bond motifs is 1. The number of carbonyl (C=O) groups is 2. The van der Waals surface area contributed by atoms with Crippen molar-refractivity contribution in [3.63, 3.8) is 0 Å². The average molecular weight is 406 g/mol. The molecule has 0 radical (unpaired) electrons. The summed E-state index contributed by atoms with van der Waals surface area (Å²) < 4.78 is 6.23. The number of aromatic nitrogens is 2. The van der Waals surface area contributed by atoms with Gasteiger partial charge < -0.3 is 19.5 Å². The number of ether oxygens (including phenoxy) is 1. The minimum Gasteiger partial charge on any atom is -0.360 e. The minimum absolute atomic E-state index is 0.0266. The van der Waals surface area contributed by atoms with E-state index in [2.05, 4.69) is 41.2 Å². The predicted octanol–water partition coefficient (Wildman–Crippen LogP) is 1.70. The Hall–Kier alpha value is -2.93. The molecule has 1 aromatic heterocycles. The summed E-state index contributed by atoms with van der Waals surface area (Å²) in [6, 6.07) is 8.39. The van der Waals surface area contributed by atoms with Crippen molar-refractivity contribution in [2.75, 3.05) is 20.1 Å². The normalized spacial score (nSPS) is 28.9. The van der Waals surface area contributed by atoms with E-state index >= 15 is 0 Å². The topological polar surface area (TPSA) is 78.5 Å². The lowest BCUT2D eigenvalue weighted by atomic mass is 9.76. The van der Waals surface area contributed by atoms with E-state index in [-0.39, 0.29) is 17.9 Å². The average Bonchev–Trinajstić information content (AvgIpc) is 3.50. The van der Waals surface area contributed by atoms with Crippen molar-refractivity contribution in [3.05, 3.63) is 65.8 Å². The third kappa shape index (κ3) is 3.04. The Labute approximate surface area is 175 Å².